The quantitative estimate of drug-likeness (QED) is 0.240. The molecule has 0 unspecified atom stereocenters. The van der Waals surface area contributed by atoms with E-state index >= 15 is 0 Å². The zero-order valence-corrected chi connectivity index (χ0v) is 23.5. The molecule has 2 fully saturated rings. The Hall–Kier alpha value is -4.86. The molecule has 216 valence electrons. The number of hydrogen-bond donors (Lipinski definition) is 3. The van der Waals surface area contributed by atoms with Crippen LogP contribution in [0, 0.1) is 0 Å². The zero-order valence-electron chi connectivity index (χ0n) is 23.5. The van der Waals surface area contributed by atoms with Crippen molar-refractivity contribution in [1.29, 1.82) is 0 Å². The Kier molecular flexibility index (Phi) is 7.18. The van der Waals surface area contributed by atoms with Gasteiger partial charge in [-0.05, 0) is 66.3 Å². The normalized spacial score (nSPS) is 15.0. The maximum atomic E-state index is 13.1. The molecule has 9 nitrogen and oxygen atoms in total. The minimum absolute atomic E-state index is 0.00146. The number of aromatic amines is 1. The average molecular weight is 574 g/mol. The number of aliphatic hydroxyl groups excluding tert-OH is 1. The van der Waals surface area contributed by atoms with Crippen LogP contribution in [-0.4, -0.2) is 63.1 Å². The van der Waals surface area contributed by atoms with E-state index in [2.05, 4.69) is 20.3 Å². The summed E-state index contributed by atoms with van der Waals surface area (Å²) in [5, 5.41) is 14.2. The second kappa shape index (κ2) is 11.4. The third-order valence-corrected chi connectivity index (χ3v) is 8.23. The fourth-order valence-electron chi connectivity index (χ4n) is 5.67. The third kappa shape index (κ3) is 5.40. The highest BCUT2D eigenvalue weighted by molar-refractivity contribution is 6.05. The van der Waals surface area contributed by atoms with Crippen molar-refractivity contribution in [3.05, 3.63) is 101 Å². The second-order valence-corrected chi connectivity index (χ2v) is 11.0. The number of H-pyrrole nitrogens is 1. The van der Waals surface area contributed by atoms with E-state index < -0.39 is 0 Å². The fraction of sp³-hybridized carbons (Fsp3) is 0.235. The topological polar surface area (TPSA) is 120 Å². The first kappa shape index (κ1) is 27.0. The summed E-state index contributed by atoms with van der Waals surface area (Å²) in [5.74, 6) is 0.386. The SMILES string of the molecule is O=C(Nc1cccc(-c2ncnc3[nH]c(-c4ccc(C(=O)N5CCOCC5)cc4)cc23)c1CO)c1ccc(C2CC2)cc1. The van der Waals surface area contributed by atoms with E-state index in [-0.39, 0.29) is 18.4 Å². The van der Waals surface area contributed by atoms with Crippen molar-refractivity contribution in [1.82, 2.24) is 19.9 Å². The largest absolute Gasteiger partial charge is 0.392 e. The molecule has 0 atom stereocenters. The standard InChI is InChI=1S/C34H31N5O4/c40-19-28-26(2-1-3-29(28)38-33(41)24-10-6-22(7-11-24)21-4-5-21)31-27-18-30(37-32(27)36-20-35-31)23-8-12-25(13-9-23)34(42)39-14-16-43-17-15-39/h1-3,6-13,18,20-21,40H,4-5,14-17,19H2,(H,38,41)(H,35,36,37). The molecule has 7 rings (SSSR count). The molecule has 2 aromatic heterocycles. The predicted molar refractivity (Wildman–Crippen MR) is 164 cm³/mol. The van der Waals surface area contributed by atoms with Crippen molar-refractivity contribution in [3.63, 3.8) is 0 Å². The number of aromatic nitrogens is 3. The van der Waals surface area contributed by atoms with E-state index in [1.165, 1.54) is 24.7 Å². The number of morpholine rings is 1. The summed E-state index contributed by atoms with van der Waals surface area (Å²) in [5.41, 5.74) is 7.27. The number of nitrogens with zero attached hydrogens (tertiary/aromatic N) is 3. The van der Waals surface area contributed by atoms with Gasteiger partial charge in [-0.25, -0.2) is 9.97 Å². The highest BCUT2D eigenvalue weighted by Crippen LogP contribution is 2.40. The van der Waals surface area contributed by atoms with E-state index in [9.17, 15) is 14.7 Å². The fourth-order valence-corrected chi connectivity index (χ4v) is 5.67. The van der Waals surface area contributed by atoms with Crippen molar-refractivity contribution < 1.29 is 19.4 Å². The Morgan fingerprint density at radius 1 is 0.953 bits per heavy atom. The van der Waals surface area contributed by atoms with Crippen LogP contribution in [0.3, 0.4) is 0 Å². The number of fused-ring (bicyclic) bond motifs is 1. The van der Waals surface area contributed by atoms with Gasteiger partial charge in [-0.3, -0.25) is 9.59 Å². The Morgan fingerprint density at radius 2 is 1.70 bits per heavy atom. The summed E-state index contributed by atoms with van der Waals surface area (Å²) in [6.07, 6.45) is 3.90. The smallest absolute Gasteiger partial charge is 0.255 e. The minimum atomic E-state index is -0.284. The number of anilines is 1. The molecule has 1 aliphatic carbocycles. The number of ether oxygens (including phenoxy) is 1. The number of nitrogens with one attached hydrogen (secondary N) is 2. The van der Waals surface area contributed by atoms with Gasteiger partial charge in [0.05, 0.1) is 25.5 Å². The molecule has 5 aromatic rings. The summed E-state index contributed by atoms with van der Waals surface area (Å²) >= 11 is 0. The zero-order chi connectivity index (χ0) is 29.3. The van der Waals surface area contributed by atoms with Crippen LogP contribution in [0.5, 0.6) is 0 Å². The van der Waals surface area contributed by atoms with Crippen molar-refractivity contribution in [2.45, 2.75) is 25.4 Å². The van der Waals surface area contributed by atoms with Gasteiger partial charge in [-0.2, -0.15) is 0 Å². The molecule has 0 spiro atoms. The predicted octanol–water partition coefficient (Wildman–Crippen LogP) is 5.39. The Morgan fingerprint density at radius 3 is 2.42 bits per heavy atom. The van der Waals surface area contributed by atoms with E-state index in [0.29, 0.717) is 71.5 Å². The van der Waals surface area contributed by atoms with Crippen molar-refractivity contribution >= 4 is 28.5 Å². The van der Waals surface area contributed by atoms with E-state index in [1.54, 1.807) is 6.07 Å². The summed E-state index contributed by atoms with van der Waals surface area (Å²) in [6.45, 7) is 2.03. The van der Waals surface area contributed by atoms with Crippen LogP contribution in [0.4, 0.5) is 5.69 Å². The van der Waals surface area contributed by atoms with E-state index in [0.717, 1.165) is 16.6 Å². The van der Waals surface area contributed by atoms with Crippen molar-refractivity contribution in [2.75, 3.05) is 31.6 Å². The molecule has 2 amide bonds. The van der Waals surface area contributed by atoms with Crippen LogP contribution in [0.15, 0.2) is 79.1 Å². The van der Waals surface area contributed by atoms with Gasteiger partial charge in [0.2, 0.25) is 0 Å². The van der Waals surface area contributed by atoms with Gasteiger partial charge < -0.3 is 25.0 Å². The van der Waals surface area contributed by atoms with Crippen LogP contribution in [0.1, 0.15) is 50.6 Å². The first-order chi connectivity index (χ1) is 21.1. The molecule has 9 heteroatoms. The first-order valence-corrected chi connectivity index (χ1v) is 14.5. The van der Waals surface area contributed by atoms with E-state index in [1.807, 2.05) is 71.6 Å². The average Bonchev–Trinajstić information content (AvgIpc) is 3.82. The van der Waals surface area contributed by atoms with Gasteiger partial charge in [-0.1, -0.05) is 36.4 Å². The monoisotopic (exact) mass is 573 g/mol. The lowest BCUT2D eigenvalue weighted by molar-refractivity contribution is 0.0303. The van der Waals surface area contributed by atoms with Gasteiger partial charge in [0.15, 0.2) is 0 Å². The summed E-state index contributed by atoms with van der Waals surface area (Å²) in [7, 11) is 0. The second-order valence-electron chi connectivity index (χ2n) is 11.0. The van der Waals surface area contributed by atoms with E-state index in [4.69, 9.17) is 4.74 Å². The maximum absolute atomic E-state index is 13.1. The van der Waals surface area contributed by atoms with Crippen molar-refractivity contribution in [3.8, 4) is 22.5 Å². The number of carbonyl (C=O) groups is 2. The molecule has 1 saturated heterocycles. The minimum Gasteiger partial charge on any atom is -0.392 e. The molecule has 1 saturated carbocycles. The molecular formula is C34H31N5O4. The Balaban J connectivity index is 1.16. The molecule has 3 N–H and O–H groups in total. The molecule has 43 heavy (non-hydrogen) atoms. The number of benzene rings is 3. The lowest BCUT2D eigenvalue weighted by Crippen LogP contribution is -2.40. The summed E-state index contributed by atoms with van der Waals surface area (Å²) < 4.78 is 5.36. The number of carbonyl (C=O) groups excluding carboxylic acids is 2. The lowest BCUT2D eigenvalue weighted by Gasteiger charge is -2.26. The van der Waals surface area contributed by atoms with Crippen LogP contribution in [0.25, 0.3) is 33.5 Å². The molecule has 0 bridgehead atoms. The molecular weight excluding hydrogens is 542 g/mol. The van der Waals surface area contributed by atoms with Gasteiger partial charge in [-0.15, -0.1) is 0 Å². The van der Waals surface area contributed by atoms with Gasteiger partial charge in [0.1, 0.15) is 12.0 Å². The number of rotatable bonds is 7. The number of aliphatic hydroxyl groups is 1. The summed E-state index contributed by atoms with van der Waals surface area (Å²) in [6, 6.07) is 22.7. The molecule has 0 radical (unpaired) electrons. The van der Waals surface area contributed by atoms with Crippen molar-refractivity contribution in [2.24, 2.45) is 0 Å². The van der Waals surface area contributed by atoms with Crippen LogP contribution < -0.4 is 5.32 Å². The first-order valence-electron chi connectivity index (χ1n) is 14.5. The highest BCUT2D eigenvalue weighted by atomic mass is 16.5. The Bertz CT molecular complexity index is 1800. The molecule has 2 aliphatic rings. The summed E-state index contributed by atoms with van der Waals surface area (Å²) in [4.78, 5) is 40.2. The number of amides is 2. The van der Waals surface area contributed by atoms with Crippen LogP contribution in [0.2, 0.25) is 0 Å². The maximum Gasteiger partial charge on any atom is 0.255 e. The third-order valence-electron chi connectivity index (χ3n) is 8.23. The molecule has 3 aromatic carbocycles. The van der Waals surface area contributed by atoms with Gasteiger partial charge in [0, 0.05) is 52.1 Å². The van der Waals surface area contributed by atoms with Gasteiger partial charge >= 0.3 is 0 Å². The molecule has 3 heterocycles. The lowest BCUT2D eigenvalue weighted by atomic mass is 10.00. The van der Waals surface area contributed by atoms with Crippen LogP contribution in [-0.2, 0) is 11.3 Å². The number of hydrogen-bond acceptors (Lipinski definition) is 6. The Labute approximate surface area is 248 Å². The van der Waals surface area contributed by atoms with Crippen LogP contribution >= 0.6 is 0 Å². The highest BCUT2D eigenvalue weighted by Gasteiger charge is 2.24. The van der Waals surface area contributed by atoms with Gasteiger partial charge in [0.25, 0.3) is 11.8 Å². The molecule has 1 aliphatic heterocycles.